The lowest BCUT2D eigenvalue weighted by Crippen LogP contribution is -2.24. The number of amides is 1. The molecule has 0 aromatic carbocycles. The van der Waals surface area contributed by atoms with Gasteiger partial charge in [0.2, 0.25) is 0 Å². The first-order valence-electron chi connectivity index (χ1n) is 8.57. The molecule has 1 fully saturated rings. The molecule has 0 spiro atoms. The number of methoxy groups -OCH3 is 1. The molecule has 1 saturated heterocycles. The summed E-state index contributed by atoms with van der Waals surface area (Å²) >= 11 is 0. The van der Waals surface area contributed by atoms with Crippen molar-refractivity contribution in [1.82, 2.24) is 5.32 Å². The van der Waals surface area contributed by atoms with Crippen molar-refractivity contribution in [3.63, 3.8) is 0 Å². The normalized spacial score (nSPS) is 17.0. The summed E-state index contributed by atoms with van der Waals surface area (Å²) in [6.07, 6.45) is 1.84. The van der Waals surface area contributed by atoms with Crippen molar-refractivity contribution in [3.8, 4) is 0 Å². The van der Waals surface area contributed by atoms with Crippen molar-refractivity contribution in [3.05, 3.63) is 58.6 Å². The second kappa shape index (κ2) is 8.90. The van der Waals surface area contributed by atoms with E-state index in [9.17, 15) is 9.90 Å². The van der Waals surface area contributed by atoms with Crippen LogP contribution in [0.15, 0.2) is 58.6 Å². The van der Waals surface area contributed by atoms with Crippen molar-refractivity contribution in [2.45, 2.75) is 34.6 Å². The predicted octanol–water partition coefficient (Wildman–Crippen LogP) is 3.40. The maximum absolute atomic E-state index is 11.6. The predicted molar refractivity (Wildman–Crippen MR) is 104 cm³/mol. The number of aliphatic hydroxyl groups is 1. The van der Waals surface area contributed by atoms with Gasteiger partial charge < -0.3 is 19.9 Å². The minimum absolute atomic E-state index is 0.00900. The smallest absolute Gasteiger partial charge is 0.251 e. The van der Waals surface area contributed by atoms with E-state index in [0.717, 1.165) is 16.7 Å². The van der Waals surface area contributed by atoms with Crippen LogP contribution >= 0.6 is 0 Å². The van der Waals surface area contributed by atoms with Gasteiger partial charge in [-0.1, -0.05) is 27.0 Å². The zero-order valence-corrected chi connectivity index (χ0v) is 16.8. The van der Waals surface area contributed by atoms with Gasteiger partial charge in [-0.05, 0) is 43.6 Å². The molecule has 0 atom stereocenters. The summed E-state index contributed by atoms with van der Waals surface area (Å²) in [5, 5.41) is 12.2. The molecule has 1 rings (SSSR count). The molecular formula is C21H31NO4. The number of nitrogens with one attached hydrogen (secondary N) is 1. The summed E-state index contributed by atoms with van der Waals surface area (Å²) in [5.74, 6) is 1.06. The molecule has 0 unspecified atom stereocenters. The standard InChI is InChI=1S/C21H31NO4/c1-13(2)18(25-8)19(26-12-21(6,7)11-23)15(4)14(3)9-17-10-22-20(24)16(17)5/h9,23H,3,5,10-12H2,1-2,4,6-8H3,(H,22,24)/b17-9-,19-15-. The fourth-order valence-electron chi connectivity index (χ4n) is 2.32. The molecule has 0 aromatic rings. The Balaban J connectivity index is 3.26. The lowest BCUT2D eigenvalue weighted by molar-refractivity contribution is -0.116. The molecule has 1 aliphatic heterocycles. The van der Waals surface area contributed by atoms with Crippen LogP contribution in [0.3, 0.4) is 0 Å². The second-order valence-corrected chi connectivity index (χ2v) is 7.45. The van der Waals surface area contributed by atoms with Crippen molar-refractivity contribution >= 4 is 5.91 Å². The molecule has 0 aromatic heterocycles. The Kier molecular flexibility index (Phi) is 7.45. The average molecular weight is 361 g/mol. The summed E-state index contributed by atoms with van der Waals surface area (Å²) in [7, 11) is 1.60. The van der Waals surface area contributed by atoms with Crippen LogP contribution in [0.1, 0.15) is 34.6 Å². The van der Waals surface area contributed by atoms with Gasteiger partial charge in [-0.2, -0.15) is 0 Å². The van der Waals surface area contributed by atoms with Gasteiger partial charge in [0.05, 0.1) is 20.3 Å². The number of carbonyl (C=O) groups is 1. The monoisotopic (exact) mass is 361 g/mol. The van der Waals surface area contributed by atoms with E-state index in [2.05, 4.69) is 18.5 Å². The van der Waals surface area contributed by atoms with Gasteiger partial charge in [0.15, 0.2) is 11.5 Å². The molecule has 0 bridgehead atoms. The van der Waals surface area contributed by atoms with E-state index >= 15 is 0 Å². The first-order chi connectivity index (χ1) is 12.0. The van der Waals surface area contributed by atoms with Crippen molar-refractivity contribution in [2.24, 2.45) is 5.41 Å². The third kappa shape index (κ3) is 5.36. The average Bonchev–Trinajstić information content (AvgIpc) is 2.89. The number of aliphatic hydroxyl groups excluding tert-OH is 1. The lowest BCUT2D eigenvalue weighted by Gasteiger charge is -2.25. The molecular weight excluding hydrogens is 330 g/mol. The maximum atomic E-state index is 11.6. The van der Waals surface area contributed by atoms with Crippen LogP contribution in [0, 0.1) is 5.41 Å². The van der Waals surface area contributed by atoms with E-state index < -0.39 is 0 Å². The molecule has 5 heteroatoms. The van der Waals surface area contributed by atoms with Gasteiger partial charge in [-0.25, -0.2) is 0 Å². The Morgan fingerprint density at radius 1 is 1.31 bits per heavy atom. The van der Waals surface area contributed by atoms with E-state index in [-0.39, 0.29) is 17.9 Å². The summed E-state index contributed by atoms with van der Waals surface area (Å²) in [6, 6.07) is 0. The number of hydrogen-bond acceptors (Lipinski definition) is 4. The van der Waals surface area contributed by atoms with Gasteiger partial charge >= 0.3 is 0 Å². The number of hydrogen-bond donors (Lipinski definition) is 2. The molecule has 0 aliphatic carbocycles. The Bertz CT molecular complexity index is 689. The van der Waals surface area contributed by atoms with Crippen LogP contribution in [0.5, 0.6) is 0 Å². The Morgan fingerprint density at radius 3 is 2.35 bits per heavy atom. The maximum Gasteiger partial charge on any atom is 0.251 e. The minimum atomic E-state index is -0.387. The highest BCUT2D eigenvalue weighted by atomic mass is 16.5. The quantitative estimate of drug-likeness (QED) is 0.395. The van der Waals surface area contributed by atoms with Gasteiger partial charge in [0.1, 0.15) is 0 Å². The molecule has 26 heavy (non-hydrogen) atoms. The van der Waals surface area contributed by atoms with Crippen LogP contribution < -0.4 is 5.32 Å². The Hall–Kier alpha value is -2.27. The zero-order valence-electron chi connectivity index (χ0n) is 16.8. The fraction of sp³-hybridized carbons (Fsp3) is 0.476. The van der Waals surface area contributed by atoms with Crippen LogP contribution in [0.2, 0.25) is 0 Å². The summed E-state index contributed by atoms with van der Waals surface area (Å²) in [6.45, 7) is 18.3. The van der Waals surface area contributed by atoms with Crippen molar-refractivity contribution in [2.75, 3.05) is 26.9 Å². The van der Waals surface area contributed by atoms with Crippen LogP contribution in [0.25, 0.3) is 0 Å². The Morgan fingerprint density at radius 2 is 1.92 bits per heavy atom. The van der Waals surface area contributed by atoms with Gasteiger partial charge in [-0.15, -0.1) is 0 Å². The van der Waals surface area contributed by atoms with Crippen molar-refractivity contribution < 1.29 is 19.4 Å². The summed E-state index contributed by atoms with van der Waals surface area (Å²) in [4.78, 5) is 11.6. The van der Waals surface area contributed by atoms with E-state index in [1.54, 1.807) is 7.11 Å². The minimum Gasteiger partial charge on any atom is -0.493 e. The van der Waals surface area contributed by atoms with Crippen molar-refractivity contribution in [1.29, 1.82) is 0 Å². The molecule has 0 radical (unpaired) electrons. The highest BCUT2D eigenvalue weighted by molar-refractivity contribution is 6.00. The second-order valence-electron chi connectivity index (χ2n) is 7.45. The zero-order chi connectivity index (χ0) is 20.1. The Labute approximate surface area is 156 Å². The van der Waals surface area contributed by atoms with Crippen LogP contribution in [0.4, 0.5) is 0 Å². The number of carbonyl (C=O) groups excluding carboxylic acids is 1. The summed E-state index contributed by atoms with van der Waals surface area (Å²) < 4.78 is 11.6. The molecule has 5 nitrogen and oxygen atoms in total. The van der Waals surface area contributed by atoms with Gasteiger partial charge in [0.25, 0.3) is 5.91 Å². The van der Waals surface area contributed by atoms with E-state index in [4.69, 9.17) is 9.47 Å². The summed E-state index contributed by atoms with van der Waals surface area (Å²) in [5.41, 5.74) is 3.36. The molecule has 2 N–H and O–H groups in total. The molecule has 0 saturated carbocycles. The highest BCUT2D eigenvalue weighted by Crippen LogP contribution is 2.28. The van der Waals surface area contributed by atoms with Crippen LogP contribution in [-0.2, 0) is 14.3 Å². The largest absolute Gasteiger partial charge is 0.493 e. The highest BCUT2D eigenvalue weighted by Gasteiger charge is 2.23. The number of rotatable bonds is 8. The molecule has 144 valence electrons. The lowest BCUT2D eigenvalue weighted by atomic mass is 9.96. The van der Waals surface area contributed by atoms with E-state index in [0.29, 0.717) is 35.8 Å². The fourth-order valence-corrected chi connectivity index (χ4v) is 2.32. The molecule has 1 amide bonds. The molecule has 1 aliphatic rings. The van der Waals surface area contributed by atoms with Crippen LogP contribution in [-0.4, -0.2) is 37.9 Å². The number of allylic oxidation sites excluding steroid dienone is 4. The SMILES string of the molecule is C=C(/C=C1/CNC(=O)C1=C)/C(C)=C(\OCC(C)(C)CO)C(OC)=C(C)C. The first-order valence-corrected chi connectivity index (χ1v) is 8.57. The van der Waals surface area contributed by atoms with E-state index in [1.807, 2.05) is 40.7 Å². The third-order valence-electron chi connectivity index (χ3n) is 4.17. The van der Waals surface area contributed by atoms with E-state index in [1.165, 1.54) is 0 Å². The third-order valence-corrected chi connectivity index (χ3v) is 4.17. The van der Waals surface area contributed by atoms with Gasteiger partial charge in [0, 0.05) is 23.1 Å². The number of ether oxygens (including phenoxy) is 2. The topological polar surface area (TPSA) is 67.8 Å². The first kappa shape index (κ1) is 21.8. The molecule has 1 heterocycles. The van der Waals surface area contributed by atoms with Gasteiger partial charge in [-0.3, -0.25) is 4.79 Å².